The number of methoxy groups -OCH3 is 1. The average molecular weight is 501 g/mol. The van der Waals surface area contributed by atoms with E-state index in [4.69, 9.17) is 31.5 Å². The number of hydrogen-bond acceptors (Lipinski definition) is 9. The fraction of sp³-hybridized carbons (Fsp3) is 0.571. The maximum absolute atomic E-state index is 14.9. The van der Waals surface area contributed by atoms with Gasteiger partial charge in [-0.3, -0.25) is 9.69 Å². The number of piperazine rings is 1. The van der Waals surface area contributed by atoms with Gasteiger partial charge in [0.1, 0.15) is 24.6 Å². The zero-order valence-corrected chi connectivity index (χ0v) is 19.6. The van der Waals surface area contributed by atoms with Crippen LogP contribution in [-0.4, -0.2) is 111 Å². The quantitative estimate of drug-likeness (QED) is 0.389. The number of anilines is 2. The lowest BCUT2D eigenvalue weighted by molar-refractivity contribution is -0.137. The van der Waals surface area contributed by atoms with Gasteiger partial charge in [-0.1, -0.05) is 0 Å². The molecule has 2 amide bonds. The molecule has 2 atom stereocenters. The molecule has 3 rings (SSSR count). The van der Waals surface area contributed by atoms with Crippen LogP contribution in [0.5, 0.6) is 0 Å². The number of benzene rings is 1. The van der Waals surface area contributed by atoms with Gasteiger partial charge in [0.25, 0.3) is 5.17 Å². The first-order valence-corrected chi connectivity index (χ1v) is 11.2. The Kier molecular flexibility index (Phi) is 9.21. The number of amides is 2. The van der Waals surface area contributed by atoms with Crippen LogP contribution in [0.15, 0.2) is 18.2 Å². The number of halogens is 1. The van der Waals surface area contributed by atoms with Crippen LogP contribution in [0.25, 0.3) is 0 Å². The fourth-order valence-corrected chi connectivity index (χ4v) is 3.73. The van der Waals surface area contributed by atoms with Gasteiger partial charge in [-0.2, -0.15) is 0 Å². The van der Waals surface area contributed by atoms with Gasteiger partial charge < -0.3 is 39.5 Å². The Balaban J connectivity index is 1.51. The molecule has 0 bridgehead atoms. The number of aliphatic hydroxyl groups is 2. The first-order valence-electron chi connectivity index (χ1n) is 10.8. The van der Waals surface area contributed by atoms with Crippen LogP contribution in [0, 0.1) is 5.82 Å². The van der Waals surface area contributed by atoms with Crippen molar-refractivity contribution in [2.24, 2.45) is 0 Å². The number of carbonyl (C=O) groups is 2. The molecule has 1 aromatic carbocycles. The van der Waals surface area contributed by atoms with Crippen molar-refractivity contribution in [2.45, 2.75) is 12.2 Å². The van der Waals surface area contributed by atoms with E-state index in [9.17, 15) is 19.1 Å². The molecular formula is C21H29FN4O7S. The number of rotatable bonds is 9. The molecule has 3 N–H and O–H groups in total. The topological polar surface area (TPSA) is 124 Å². The number of nitrogens with zero attached hydrogens (tertiary/aromatic N) is 3. The second-order valence-corrected chi connectivity index (χ2v) is 8.21. The Morgan fingerprint density at radius 2 is 2.09 bits per heavy atom. The largest absolute Gasteiger partial charge is 0.474 e. The van der Waals surface area contributed by atoms with Gasteiger partial charge in [0, 0.05) is 26.2 Å². The average Bonchev–Trinajstić information content (AvgIpc) is 3.22. The minimum atomic E-state index is -1.02. The number of nitrogens with one attached hydrogen (secondary N) is 1. The van der Waals surface area contributed by atoms with Crippen LogP contribution < -0.4 is 15.1 Å². The van der Waals surface area contributed by atoms with Gasteiger partial charge in [-0.05, 0) is 30.4 Å². The second-order valence-electron chi connectivity index (χ2n) is 7.84. The summed E-state index contributed by atoms with van der Waals surface area (Å²) in [6.07, 6.45) is -2.04. The highest BCUT2D eigenvalue weighted by Crippen LogP contribution is 2.28. The minimum absolute atomic E-state index is 0.123. The van der Waals surface area contributed by atoms with Gasteiger partial charge >= 0.3 is 6.09 Å². The molecule has 2 fully saturated rings. The van der Waals surface area contributed by atoms with Gasteiger partial charge in [0.2, 0.25) is 5.91 Å². The molecule has 0 radical (unpaired) electrons. The number of cyclic esters (lactones) is 1. The highest BCUT2D eigenvalue weighted by atomic mass is 32.1. The number of hydrogen-bond donors (Lipinski definition) is 3. The van der Waals surface area contributed by atoms with Crippen molar-refractivity contribution >= 4 is 40.8 Å². The van der Waals surface area contributed by atoms with E-state index in [1.807, 2.05) is 4.90 Å². The Bertz CT molecular complexity index is 885. The number of thiocarbonyl (C=S) groups is 1. The molecule has 188 valence electrons. The van der Waals surface area contributed by atoms with E-state index in [0.29, 0.717) is 37.6 Å². The van der Waals surface area contributed by atoms with E-state index in [-0.39, 0.29) is 37.4 Å². The first-order chi connectivity index (χ1) is 16.3. The lowest BCUT2D eigenvalue weighted by Gasteiger charge is -2.36. The molecular weight excluding hydrogens is 471 g/mol. The summed E-state index contributed by atoms with van der Waals surface area (Å²) in [6, 6.07) is 4.57. The third-order valence-electron chi connectivity index (χ3n) is 5.50. The van der Waals surface area contributed by atoms with Gasteiger partial charge in [0.15, 0.2) is 0 Å². The summed E-state index contributed by atoms with van der Waals surface area (Å²) < 4.78 is 30.2. The van der Waals surface area contributed by atoms with Crippen LogP contribution in [0.3, 0.4) is 0 Å². The molecule has 11 nitrogen and oxygen atoms in total. The summed E-state index contributed by atoms with van der Waals surface area (Å²) >= 11 is 4.90. The van der Waals surface area contributed by atoms with Crippen LogP contribution in [0.4, 0.5) is 20.6 Å². The molecule has 0 spiro atoms. The van der Waals surface area contributed by atoms with Crippen LogP contribution in [0.1, 0.15) is 0 Å². The Morgan fingerprint density at radius 3 is 2.74 bits per heavy atom. The minimum Gasteiger partial charge on any atom is -0.474 e. The monoisotopic (exact) mass is 500 g/mol. The molecule has 0 saturated carbocycles. The summed E-state index contributed by atoms with van der Waals surface area (Å²) in [6.45, 7) is 1.42. The first kappa shape index (κ1) is 25.9. The Labute approximate surface area is 201 Å². The zero-order chi connectivity index (χ0) is 24.7. The molecule has 2 unspecified atom stereocenters. The fourth-order valence-electron chi connectivity index (χ4n) is 3.65. The standard InChI is InChI=1S/C21H29FN4O7S/c1-31-20(34)23-9-16-10-26(21(30)33-16)14-2-3-18(17(22)8-14)24-4-6-25(7-5-24)19(29)13-32-12-15(28)11-27/h2-3,8,15-16,27-28H,4-7,9-13H2,1H3,(H,23,34). The maximum atomic E-state index is 14.9. The molecule has 0 aliphatic carbocycles. The van der Waals surface area contributed by atoms with Crippen molar-refractivity contribution < 1.29 is 38.4 Å². The maximum Gasteiger partial charge on any atom is 0.414 e. The molecule has 2 saturated heterocycles. The highest BCUT2D eigenvalue weighted by Gasteiger charge is 2.33. The number of aliphatic hydroxyl groups excluding tert-OH is 2. The van der Waals surface area contributed by atoms with Gasteiger partial charge in [-0.15, -0.1) is 0 Å². The second kappa shape index (κ2) is 12.1. The number of carbonyl (C=O) groups excluding carboxylic acids is 2. The molecule has 13 heteroatoms. The van der Waals surface area contributed by atoms with Crippen molar-refractivity contribution in [3.8, 4) is 0 Å². The van der Waals surface area contributed by atoms with E-state index in [1.54, 1.807) is 17.0 Å². The summed E-state index contributed by atoms with van der Waals surface area (Å²) in [7, 11) is 1.44. The van der Waals surface area contributed by atoms with Crippen molar-refractivity contribution in [3.05, 3.63) is 24.0 Å². The Hall–Kier alpha value is -2.74. The molecule has 34 heavy (non-hydrogen) atoms. The molecule has 0 aromatic heterocycles. The van der Waals surface area contributed by atoms with E-state index < -0.39 is 30.7 Å². The van der Waals surface area contributed by atoms with Crippen molar-refractivity contribution in [2.75, 3.05) is 76.0 Å². The number of ether oxygens (including phenoxy) is 3. The summed E-state index contributed by atoms with van der Waals surface area (Å²) in [5.41, 5.74) is 0.772. The van der Waals surface area contributed by atoms with E-state index in [1.165, 1.54) is 18.1 Å². The van der Waals surface area contributed by atoms with Crippen LogP contribution in [-0.2, 0) is 19.0 Å². The predicted octanol–water partition coefficient (Wildman–Crippen LogP) is -0.310. The summed E-state index contributed by atoms with van der Waals surface area (Å²) in [5, 5.41) is 21.0. The van der Waals surface area contributed by atoms with Gasteiger partial charge in [0.05, 0.1) is 44.8 Å². The van der Waals surface area contributed by atoms with Crippen molar-refractivity contribution in [3.63, 3.8) is 0 Å². The van der Waals surface area contributed by atoms with Crippen LogP contribution in [0.2, 0.25) is 0 Å². The lowest BCUT2D eigenvalue weighted by atomic mass is 10.2. The van der Waals surface area contributed by atoms with Crippen LogP contribution >= 0.6 is 12.2 Å². The molecule has 2 heterocycles. The third-order valence-corrected chi connectivity index (χ3v) is 5.81. The molecule has 2 aliphatic rings. The van der Waals surface area contributed by atoms with E-state index >= 15 is 0 Å². The van der Waals surface area contributed by atoms with Gasteiger partial charge in [-0.25, -0.2) is 9.18 Å². The lowest BCUT2D eigenvalue weighted by Crippen LogP contribution is -2.50. The van der Waals surface area contributed by atoms with Crippen molar-refractivity contribution in [1.82, 2.24) is 10.2 Å². The van der Waals surface area contributed by atoms with Crippen molar-refractivity contribution in [1.29, 1.82) is 0 Å². The smallest absolute Gasteiger partial charge is 0.414 e. The third kappa shape index (κ3) is 6.65. The normalized spacial score (nSPS) is 19.1. The van der Waals surface area contributed by atoms with E-state index in [0.717, 1.165) is 0 Å². The highest BCUT2D eigenvalue weighted by molar-refractivity contribution is 7.80. The zero-order valence-electron chi connectivity index (χ0n) is 18.8. The molecule has 2 aliphatic heterocycles. The van der Waals surface area contributed by atoms with E-state index in [2.05, 4.69) is 5.32 Å². The summed E-state index contributed by atoms with van der Waals surface area (Å²) in [5.74, 6) is -0.711. The summed E-state index contributed by atoms with van der Waals surface area (Å²) in [4.78, 5) is 29.3. The predicted molar refractivity (Wildman–Crippen MR) is 124 cm³/mol. The molecule has 1 aromatic rings. The SMILES string of the molecule is COC(=S)NCC1CN(c2ccc(N3CCN(C(=O)COCC(O)CO)CC3)c(F)c2)C(=O)O1. The Morgan fingerprint density at radius 1 is 1.35 bits per heavy atom.